The molecule has 2 heterocycles. The Morgan fingerprint density at radius 2 is 2.35 bits per heavy atom. The van der Waals surface area contributed by atoms with Crippen molar-refractivity contribution < 1.29 is 9.90 Å². The van der Waals surface area contributed by atoms with Crippen LogP contribution in [0.5, 0.6) is 0 Å². The predicted octanol–water partition coefficient (Wildman–Crippen LogP) is 2.46. The van der Waals surface area contributed by atoms with Crippen LogP contribution in [0.25, 0.3) is 11.0 Å². The predicted molar refractivity (Wildman–Crippen MR) is 63.9 cm³/mol. The highest BCUT2D eigenvalue weighted by Crippen LogP contribution is 2.48. The first-order valence-electron chi connectivity index (χ1n) is 5.86. The van der Waals surface area contributed by atoms with Gasteiger partial charge in [-0.15, -0.1) is 0 Å². The number of hydrogen-bond donors (Lipinski definition) is 2. The van der Waals surface area contributed by atoms with Crippen molar-refractivity contribution in [2.24, 2.45) is 0 Å². The number of fused-ring (bicyclic) bond motifs is 1. The average molecular weight is 230 g/mol. The molecule has 0 spiro atoms. The summed E-state index contributed by atoms with van der Waals surface area (Å²) in [6.45, 7) is 0. The first-order valence-corrected chi connectivity index (χ1v) is 5.86. The number of carboxylic acid groups (broad SMARTS) is 1. The highest BCUT2D eigenvalue weighted by molar-refractivity contribution is 5.82. The minimum Gasteiger partial charge on any atom is -0.481 e. The van der Waals surface area contributed by atoms with E-state index in [1.807, 2.05) is 18.3 Å². The van der Waals surface area contributed by atoms with Crippen molar-refractivity contribution in [3.05, 3.63) is 30.1 Å². The first kappa shape index (κ1) is 10.3. The maximum atomic E-state index is 11.0. The van der Waals surface area contributed by atoms with Crippen LogP contribution in [0, 0.1) is 0 Å². The maximum Gasteiger partial charge on any atom is 0.304 e. The molecule has 1 aliphatic carbocycles. The molecule has 1 fully saturated rings. The van der Waals surface area contributed by atoms with E-state index in [0.717, 1.165) is 35.9 Å². The number of nitrogens with one attached hydrogen (secondary N) is 1. The Hall–Kier alpha value is -1.84. The number of H-pyrrole nitrogens is 1. The zero-order valence-electron chi connectivity index (χ0n) is 9.44. The summed E-state index contributed by atoms with van der Waals surface area (Å²) in [7, 11) is 0. The molecular weight excluding hydrogens is 216 g/mol. The fourth-order valence-electron chi connectivity index (χ4n) is 2.83. The SMILES string of the molecule is O=C(O)CC1(c2c[nH]c3ncccc23)CCC1. The van der Waals surface area contributed by atoms with Gasteiger partial charge in [-0.2, -0.15) is 0 Å². The van der Waals surface area contributed by atoms with Gasteiger partial charge in [-0.1, -0.05) is 6.42 Å². The third-order valence-corrected chi connectivity index (χ3v) is 3.82. The van der Waals surface area contributed by atoms with E-state index < -0.39 is 5.97 Å². The van der Waals surface area contributed by atoms with Crippen LogP contribution in [-0.2, 0) is 10.2 Å². The molecule has 0 unspecified atom stereocenters. The van der Waals surface area contributed by atoms with Gasteiger partial charge in [0.05, 0.1) is 6.42 Å². The zero-order valence-corrected chi connectivity index (χ0v) is 9.44. The molecule has 0 amide bonds. The van der Waals surface area contributed by atoms with Crippen molar-refractivity contribution in [2.45, 2.75) is 31.1 Å². The van der Waals surface area contributed by atoms with Gasteiger partial charge in [0.15, 0.2) is 0 Å². The number of aliphatic carboxylic acids is 1. The molecule has 0 bridgehead atoms. The van der Waals surface area contributed by atoms with Crippen molar-refractivity contribution in [1.29, 1.82) is 0 Å². The lowest BCUT2D eigenvalue weighted by Gasteiger charge is -2.40. The van der Waals surface area contributed by atoms with Gasteiger partial charge in [-0.25, -0.2) is 4.98 Å². The van der Waals surface area contributed by atoms with Crippen molar-refractivity contribution in [1.82, 2.24) is 9.97 Å². The van der Waals surface area contributed by atoms with E-state index in [9.17, 15) is 4.79 Å². The van der Waals surface area contributed by atoms with E-state index >= 15 is 0 Å². The van der Waals surface area contributed by atoms with Gasteiger partial charge >= 0.3 is 5.97 Å². The van der Waals surface area contributed by atoms with Crippen LogP contribution in [0.1, 0.15) is 31.2 Å². The lowest BCUT2D eigenvalue weighted by molar-refractivity contribution is -0.139. The van der Waals surface area contributed by atoms with Crippen LogP contribution >= 0.6 is 0 Å². The van der Waals surface area contributed by atoms with Crippen LogP contribution < -0.4 is 0 Å². The number of aromatic nitrogens is 2. The Balaban J connectivity index is 2.10. The molecule has 0 aliphatic heterocycles. The number of hydrogen-bond acceptors (Lipinski definition) is 2. The molecule has 0 radical (unpaired) electrons. The maximum absolute atomic E-state index is 11.0. The molecule has 0 atom stereocenters. The van der Waals surface area contributed by atoms with Gasteiger partial charge < -0.3 is 10.1 Å². The van der Waals surface area contributed by atoms with Crippen LogP contribution in [0.4, 0.5) is 0 Å². The fraction of sp³-hybridized carbons (Fsp3) is 0.385. The molecule has 0 saturated heterocycles. The zero-order chi connectivity index (χ0) is 11.9. The van der Waals surface area contributed by atoms with Crippen molar-refractivity contribution in [3.63, 3.8) is 0 Å². The number of carboxylic acids is 1. The lowest BCUT2D eigenvalue weighted by Crippen LogP contribution is -2.36. The van der Waals surface area contributed by atoms with Gasteiger partial charge in [-0.3, -0.25) is 4.79 Å². The van der Waals surface area contributed by atoms with E-state index in [4.69, 9.17) is 5.11 Å². The Kier molecular flexibility index (Phi) is 2.18. The molecule has 3 rings (SSSR count). The van der Waals surface area contributed by atoms with E-state index in [0.29, 0.717) is 0 Å². The molecule has 88 valence electrons. The molecule has 17 heavy (non-hydrogen) atoms. The molecule has 2 aromatic rings. The monoisotopic (exact) mass is 230 g/mol. The second-order valence-electron chi connectivity index (χ2n) is 4.81. The van der Waals surface area contributed by atoms with Crippen LogP contribution in [0.15, 0.2) is 24.5 Å². The summed E-state index contributed by atoms with van der Waals surface area (Å²) in [6, 6.07) is 3.91. The lowest BCUT2D eigenvalue weighted by atomic mass is 9.62. The Labute approximate surface area is 98.7 Å². The standard InChI is InChI=1S/C13H14N2O2/c16-11(17)7-13(4-2-5-13)10-8-15-12-9(10)3-1-6-14-12/h1,3,6,8H,2,4-5,7H2,(H,14,15)(H,16,17). The molecule has 1 saturated carbocycles. The number of nitrogens with zero attached hydrogens (tertiary/aromatic N) is 1. The van der Waals surface area contributed by atoms with Gasteiger partial charge in [0.2, 0.25) is 0 Å². The quantitative estimate of drug-likeness (QED) is 0.851. The first-order chi connectivity index (χ1) is 8.21. The van der Waals surface area contributed by atoms with E-state index in [-0.39, 0.29) is 11.8 Å². The van der Waals surface area contributed by atoms with Crippen molar-refractivity contribution in [2.75, 3.05) is 0 Å². The Morgan fingerprint density at radius 1 is 1.53 bits per heavy atom. The molecule has 4 heteroatoms. The van der Waals surface area contributed by atoms with Gasteiger partial charge in [0.25, 0.3) is 0 Å². The molecule has 0 aromatic carbocycles. The molecule has 1 aliphatic rings. The van der Waals surface area contributed by atoms with E-state index in [1.54, 1.807) is 6.20 Å². The second kappa shape index (κ2) is 3.58. The normalized spacial score (nSPS) is 17.9. The highest BCUT2D eigenvalue weighted by atomic mass is 16.4. The largest absolute Gasteiger partial charge is 0.481 e. The summed E-state index contributed by atoms with van der Waals surface area (Å²) in [5, 5.41) is 10.1. The van der Waals surface area contributed by atoms with Gasteiger partial charge in [-0.05, 0) is 30.5 Å². The Bertz CT molecular complexity index is 570. The third-order valence-electron chi connectivity index (χ3n) is 3.82. The van der Waals surface area contributed by atoms with Crippen LogP contribution in [0.2, 0.25) is 0 Å². The molecule has 4 nitrogen and oxygen atoms in total. The fourth-order valence-corrected chi connectivity index (χ4v) is 2.83. The van der Waals surface area contributed by atoms with E-state index in [1.165, 1.54) is 0 Å². The summed E-state index contributed by atoms with van der Waals surface area (Å²) in [5.41, 5.74) is 1.79. The van der Waals surface area contributed by atoms with Crippen molar-refractivity contribution in [3.8, 4) is 0 Å². The summed E-state index contributed by atoms with van der Waals surface area (Å²) < 4.78 is 0. The number of carbonyl (C=O) groups is 1. The molecular formula is C13H14N2O2. The van der Waals surface area contributed by atoms with Gasteiger partial charge in [0, 0.05) is 23.2 Å². The van der Waals surface area contributed by atoms with Crippen LogP contribution in [-0.4, -0.2) is 21.0 Å². The van der Waals surface area contributed by atoms with Crippen LogP contribution in [0.3, 0.4) is 0 Å². The van der Waals surface area contributed by atoms with Crippen molar-refractivity contribution >= 4 is 17.0 Å². The van der Waals surface area contributed by atoms with E-state index in [2.05, 4.69) is 9.97 Å². The smallest absolute Gasteiger partial charge is 0.304 e. The Morgan fingerprint density at radius 3 is 3.00 bits per heavy atom. The third kappa shape index (κ3) is 1.52. The average Bonchev–Trinajstić information content (AvgIpc) is 2.67. The topological polar surface area (TPSA) is 66.0 Å². The summed E-state index contributed by atoms with van der Waals surface area (Å²) in [6.07, 6.45) is 6.92. The summed E-state index contributed by atoms with van der Waals surface area (Å²) in [4.78, 5) is 18.4. The molecule has 2 N–H and O–H groups in total. The molecule has 2 aromatic heterocycles. The van der Waals surface area contributed by atoms with Gasteiger partial charge in [0.1, 0.15) is 5.65 Å². The number of pyridine rings is 1. The highest BCUT2D eigenvalue weighted by Gasteiger charge is 2.42. The number of aromatic amines is 1. The minimum absolute atomic E-state index is 0.173. The summed E-state index contributed by atoms with van der Waals surface area (Å²) in [5.74, 6) is -0.719. The number of rotatable bonds is 3. The second-order valence-corrected chi connectivity index (χ2v) is 4.81. The summed E-state index contributed by atoms with van der Waals surface area (Å²) >= 11 is 0. The minimum atomic E-state index is -0.719.